The van der Waals surface area contributed by atoms with Crippen molar-refractivity contribution in [3.8, 4) is 0 Å². The summed E-state index contributed by atoms with van der Waals surface area (Å²) in [5.74, 6) is -0.474. The summed E-state index contributed by atoms with van der Waals surface area (Å²) in [5, 5.41) is 3.38. The van der Waals surface area contributed by atoms with E-state index < -0.39 is 0 Å². The molecule has 0 heterocycles. The monoisotopic (exact) mass is 390 g/mol. The number of carbonyl (C=O) groups is 2. The summed E-state index contributed by atoms with van der Waals surface area (Å²) in [4.78, 5) is 26.7. The zero-order chi connectivity index (χ0) is 18.7. The highest BCUT2D eigenvalue weighted by Crippen LogP contribution is 2.28. The third-order valence-corrected chi connectivity index (χ3v) is 4.91. The minimum absolute atomic E-state index is 0.0554. The summed E-state index contributed by atoms with van der Waals surface area (Å²) >= 11 is 11.9. The molecule has 1 N–H and O–H groups in total. The maximum atomic E-state index is 12.6. The number of nitrogens with one attached hydrogen (secondary N) is 1. The zero-order valence-corrected chi connectivity index (χ0v) is 16.0. The van der Waals surface area contributed by atoms with Gasteiger partial charge in [0.2, 0.25) is 5.91 Å². The van der Waals surface area contributed by atoms with Crippen LogP contribution in [0.4, 0.5) is 0 Å². The van der Waals surface area contributed by atoms with E-state index in [2.05, 4.69) is 5.32 Å². The first-order valence-corrected chi connectivity index (χ1v) is 9.28. The molecule has 26 heavy (non-hydrogen) atoms. The minimum Gasteiger partial charge on any atom is -0.343 e. The van der Waals surface area contributed by atoms with Gasteiger partial charge in [0, 0.05) is 17.6 Å². The van der Waals surface area contributed by atoms with Gasteiger partial charge in [0.15, 0.2) is 0 Å². The molecule has 0 radical (unpaired) electrons. The quantitative estimate of drug-likeness (QED) is 0.802. The van der Waals surface area contributed by atoms with E-state index in [9.17, 15) is 9.59 Å². The summed E-state index contributed by atoms with van der Waals surface area (Å²) in [7, 11) is 0. The standard InChI is InChI=1S/C20H20Cl2N2O2/c1-13-2-4-14(5-3-13)12-24(16-7-8-16)19(25)11-23-20(26)17-9-6-15(21)10-18(17)22/h2-6,9-10,16H,7-8,11-12H2,1H3,(H,23,26). The summed E-state index contributed by atoms with van der Waals surface area (Å²) in [6.45, 7) is 2.53. The van der Waals surface area contributed by atoms with E-state index in [1.54, 1.807) is 12.1 Å². The Morgan fingerprint density at radius 3 is 2.42 bits per heavy atom. The molecule has 1 fully saturated rings. The van der Waals surface area contributed by atoms with Crippen LogP contribution in [-0.2, 0) is 11.3 Å². The first-order valence-electron chi connectivity index (χ1n) is 8.52. The van der Waals surface area contributed by atoms with Crippen LogP contribution in [0.1, 0.15) is 34.3 Å². The molecule has 3 rings (SSSR count). The second kappa shape index (κ2) is 8.11. The lowest BCUT2D eigenvalue weighted by molar-refractivity contribution is -0.131. The minimum atomic E-state index is -0.383. The maximum absolute atomic E-state index is 12.6. The third-order valence-electron chi connectivity index (χ3n) is 4.36. The van der Waals surface area contributed by atoms with E-state index in [4.69, 9.17) is 23.2 Å². The SMILES string of the molecule is Cc1ccc(CN(C(=O)CNC(=O)c2ccc(Cl)cc2Cl)C2CC2)cc1. The number of hydrogen-bond acceptors (Lipinski definition) is 2. The summed E-state index contributed by atoms with van der Waals surface area (Å²) in [6, 6.07) is 13.1. The number of halogens is 2. The lowest BCUT2D eigenvalue weighted by atomic mass is 10.1. The fourth-order valence-corrected chi connectivity index (χ4v) is 3.22. The highest BCUT2D eigenvalue weighted by Gasteiger charge is 2.32. The van der Waals surface area contributed by atoms with Gasteiger partial charge in [-0.1, -0.05) is 53.0 Å². The molecule has 0 spiro atoms. The van der Waals surface area contributed by atoms with E-state index in [0.29, 0.717) is 17.1 Å². The first kappa shape index (κ1) is 18.7. The molecule has 0 aromatic heterocycles. The van der Waals surface area contributed by atoms with Crippen molar-refractivity contribution < 1.29 is 9.59 Å². The number of aryl methyl sites for hydroxylation is 1. The van der Waals surface area contributed by atoms with E-state index in [1.165, 1.54) is 11.6 Å². The maximum Gasteiger partial charge on any atom is 0.253 e. The number of benzene rings is 2. The highest BCUT2D eigenvalue weighted by atomic mass is 35.5. The van der Waals surface area contributed by atoms with Crippen molar-refractivity contribution in [2.24, 2.45) is 0 Å². The molecule has 2 aromatic carbocycles. The summed E-state index contributed by atoms with van der Waals surface area (Å²) in [5.41, 5.74) is 2.58. The van der Waals surface area contributed by atoms with Crippen LogP contribution in [-0.4, -0.2) is 29.3 Å². The Hall–Kier alpha value is -2.04. The van der Waals surface area contributed by atoms with Gasteiger partial charge in [-0.3, -0.25) is 9.59 Å². The average Bonchev–Trinajstić information content (AvgIpc) is 3.44. The Balaban J connectivity index is 1.61. The van der Waals surface area contributed by atoms with Crippen molar-refractivity contribution in [3.05, 3.63) is 69.2 Å². The Labute approximate surface area is 163 Å². The van der Waals surface area contributed by atoms with Crippen molar-refractivity contribution in [1.82, 2.24) is 10.2 Å². The number of amides is 2. The van der Waals surface area contributed by atoms with E-state index >= 15 is 0 Å². The smallest absolute Gasteiger partial charge is 0.253 e. The number of nitrogens with zero attached hydrogens (tertiary/aromatic N) is 1. The van der Waals surface area contributed by atoms with Crippen LogP contribution in [0.5, 0.6) is 0 Å². The van der Waals surface area contributed by atoms with Crippen LogP contribution >= 0.6 is 23.2 Å². The van der Waals surface area contributed by atoms with Crippen molar-refractivity contribution in [2.45, 2.75) is 32.4 Å². The van der Waals surface area contributed by atoms with Gasteiger partial charge < -0.3 is 10.2 Å². The molecule has 0 atom stereocenters. The second-order valence-corrected chi connectivity index (χ2v) is 7.39. The van der Waals surface area contributed by atoms with Gasteiger partial charge in [0.25, 0.3) is 5.91 Å². The molecule has 136 valence electrons. The van der Waals surface area contributed by atoms with E-state index in [0.717, 1.165) is 18.4 Å². The topological polar surface area (TPSA) is 49.4 Å². The Kier molecular flexibility index (Phi) is 5.84. The average molecular weight is 391 g/mol. The molecule has 0 bridgehead atoms. The fraction of sp³-hybridized carbons (Fsp3) is 0.300. The molecule has 4 nitrogen and oxygen atoms in total. The zero-order valence-electron chi connectivity index (χ0n) is 14.5. The number of hydrogen-bond donors (Lipinski definition) is 1. The molecule has 2 amide bonds. The van der Waals surface area contributed by atoms with Crippen LogP contribution in [0.2, 0.25) is 10.0 Å². The first-order chi connectivity index (χ1) is 12.4. The van der Waals surface area contributed by atoms with Gasteiger partial charge in [-0.25, -0.2) is 0 Å². The van der Waals surface area contributed by atoms with Gasteiger partial charge in [-0.15, -0.1) is 0 Å². The van der Waals surface area contributed by atoms with Gasteiger partial charge in [-0.05, 0) is 43.5 Å². The lowest BCUT2D eigenvalue weighted by Crippen LogP contribution is -2.41. The van der Waals surface area contributed by atoms with Crippen molar-refractivity contribution in [3.63, 3.8) is 0 Å². The van der Waals surface area contributed by atoms with E-state index in [1.807, 2.05) is 36.1 Å². The van der Waals surface area contributed by atoms with Crippen LogP contribution in [0, 0.1) is 6.92 Å². The van der Waals surface area contributed by atoms with Gasteiger partial charge in [0.1, 0.15) is 0 Å². The molecule has 1 aliphatic rings. The largest absolute Gasteiger partial charge is 0.343 e. The molecular formula is C20H20Cl2N2O2. The second-order valence-electron chi connectivity index (χ2n) is 6.55. The Bertz CT molecular complexity index is 817. The molecule has 6 heteroatoms. The number of carbonyl (C=O) groups excluding carboxylic acids is 2. The Morgan fingerprint density at radius 1 is 1.12 bits per heavy atom. The van der Waals surface area contributed by atoms with Gasteiger partial charge in [0.05, 0.1) is 17.1 Å². The summed E-state index contributed by atoms with van der Waals surface area (Å²) < 4.78 is 0. The molecule has 1 aliphatic carbocycles. The third kappa shape index (κ3) is 4.77. The van der Waals surface area contributed by atoms with Crippen LogP contribution < -0.4 is 5.32 Å². The molecule has 0 saturated heterocycles. The molecule has 2 aromatic rings. The van der Waals surface area contributed by atoms with Crippen molar-refractivity contribution >= 4 is 35.0 Å². The van der Waals surface area contributed by atoms with E-state index in [-0.39, 0.29) is 29.4 Å². The fourth-order valence-electron chi connectivity index (χ4n) is 2.72. The predicted molar refractivity (Wildman–Crippen MR) is 104 cm³/mol. The molecule has 0 aliphatic heterocycles. The Morgan fingerprint density at radius 2 is 1.81 bits per heavy atom. The van der Waals surface area contributed by atoms with Crippen LogP contribution in [0.3, 0.4) is 0 Å². The molecule has 1 saturated carbocycles. The van der Waals surface area contributed by atoms with Crippen molar-refractivity contribution in [2.75, 3.05) is 6.54 Å². The van der Waals surface area contributed by atoms with Gasteiger partial charge in [-0.2, -0.15) is 0 Å². The number of rotatable bonds is 6. The normalized spacial score (nSPS) is 13.3. The van der Waals surface area contributed by atoms with Crippen LogP contribution in [0.15, 0.2) is 42.5 Å². The predicted octanol–water partition coefficient (Wildman–Crippen LogP) is 4.22. The molecular weight excluding hydrogens is 371 g/mol. The lowest BCUT2D eigenvalue weighted by Gasteiger charge is -2.23. The van der Waals surface area contributed by atoms with Gasteiger partial charge >= 0.3 is 0 Å². The highest BCUT2D eigenvalue weighted by molar-refractivity contribution is 6.36. The van der Waals surface area contributed by atoms with Crippen LogP contribution in [0.25, 0.3) is 0 Å². The molecule has 0 unspecified atom stereocenters. The van der Waals surface area contributed by atoms with Crippen molar-refractivity contribution in [1.29, 1.82) is 0 Å². The summed E-state index contributed by atoms with van der Waals surface area (Å²) in [6.07, 6.45) is 2.02.